The Morgan fingerprint density at radius 2 is 1.78 bits per heavy atom. The Kier molecular flexibility index (Phi) is 5.36. The standard InChI is InChI=1S/C19H18O2S2/c20-19(21)7-3-6-16-10-11-18(23-16)13-22-17-9-8-14-4-1-2-5-15(14)12-17/h1-2,4-5,8-12H,3,6-7,13H2,(H,20,21). The highest BCUT2D eigenvalue weighted by molar-refractivity contribution is 7.98. The Balaban J connectivity index is 1.57. The molecule has 3 aromatic rings. The fourth-order valence-electron chi connectivity index (χ4n) is 2.46. The van der Waals surface area contributed by atoms with E-state index >= 15 is 0 Å². The zero-order valence-electron chi connectivity index (χ0n) is 12.7. The zero-order chi connectivity index (χ0) is 16.1. The summed E-state index contributed by atoms with van der Waals surface area (Å²) in [6, 6.07) is 19.3. The summed E-state index contributed by atoms with van der Waals surface area (Å²) in [4.78, 5) is 14.4. The van der Waals surface area contributed by atoms with E-state index in [-0.39, 0.29) is 6.42 Å². The molecule has 3 rings (SSSR count). The van der Waals surface area contributed by atoms with Crippen molar-refractivity contribution in [2.75, 3.05) is 0 Å². The van der Waals surface area contributed by atoms with Crippen LogP contribution in [0.15, 0.2) is 59.5 Å². The molecule has 1 aromatic heterocycles. The van der Waals surface area contributed by atoms with Gasteiger partial charge in [0.1, 0.15) is 0 Å². The lowest BCUT2D eigenvalue weighted by atomic mass is 10.1. The number of benzene rings is 2. The maximum absolute atomic E-state index is 10.5. The molecular formula is C19H18O2S2. The number of aliphatic carboxylic acids is 1. The van der Waals surface area contributed by atoms with E-state index in [1.165, 1.54) is 25.4 Å². The molecule has 118 valence electrons. The number of rotatable bonds is 7. The van der Waals surface area contributed by atoms with Crippen molar-refractivity contribution in [1.82, 2.24) is 0 Å². The van der Waals surface area contributed by atoms with Crippen molar-refractivity contribution in [3.05, 3.63) is 64.4 Å². The van der Waals surface area contributed by atoms with Gasteiger partial charge in [0, 0.05) is 26.8 Å². The maximum atomic E-state index is 10.5. The highest BCUT2D eigenvalue weighted by Gasteiger charge is 2.04. The molecule has 0 saturated heterocycles. The van der Waals surface area contributed by atoms with Crippen molar-refractivity contribution in [3.8, 4) is 0 Å². The van der Waals surface area contributed by atoms with Crippen LogP contribution in [0.1, 0.15) is 22.6 Å². The maximum Gasteiger partial charge on any atom is 0.303 e. The third-order valence-corrected chi connectivity index (χ3v) is 6.00. The monoisotopic (exact) mass is 342 g/mol. The second-order valence-corrected chi connectivity index (χ2v) is 7.71. The lowest BCUT2D eigenvalue weighted by Crippen LogP contribution is -1.94. The highest BCUT2D eigenvalue weighted by atomic mass is 32.2. The van der Waals surface area contributed by atoms with E-state index in [1.807, 2.05) is 11.8 Å². The first kappa shape index (κ1) is 16.1. The van der Waals surface area contributed by atoms with E-state index in [9.17, 15) is 4.79 Å². The van der Waals surface area contributed by atoms with Crippen LogP contribution in [-0.2, 0) is 17.0 Å². The summed E-state index contributed by atoms with van der Waals surface area (Å²) in [7, 11) is 0. The van der Waals surface area contributed by atoms with Gasteiger partial charge in [0.25, 0.3) is 0 Å². The minimum atomic E-state index is -0.714. The van der Waals surface area contributed by atoms with Gasteiger partial charge in [-0.15, -0.1) is 23.1 Å². The molecule has 0 fully saturated rings. The highest BCUT2D eigenvalue weighted by Crippen LogP contribution is 2.29. The van der Waals surface area contributed by atoms with Crippen LogP contribution in [0.5, 0.6) is 0 Å². The zero-order valence-corrected chi connectivity index (χ0v) is 14.3. The quantitative estimate of drug-likeness (QED) is 0.568. The molecular weight excluding hydrogens is 324 g/mol. The second kappa shape index (κ2) is 7.66. The van der Waals surface area contributed by atoms with Gasteiger partial charge in [-0.3, -0.25) is 4.79 Å². The molecule has 1 heterocycles. The number of hydrogen-bond donors (Lipinski definition) is 1. The van der Waals surface area contributed by atoms with Gasteiger partial charge in [0.15, 0.2) is 0 Å². The van der Waals surface area contributed by atoms with Crippen LogP contribution in [0.2, 0.25) is 0 Å². The number of thiophene rings is 1. The van der Waals surface area contributed by atoms with E-state index in [4.69, 9.17) is 5.11 Å². The average Bonchev–Trinajstić information content (AvgIpc) is 3.00. The fraction of sp³-hybridized carbons (Fsp3) is 0.211. The number of fused-ring (bicyclic) bond motifs is 1. The van der Waals surface area contributed by atoms with Gasteiger partial charge >= 0.3 is 5.97 Å². The smallest absolute Gasteiger partial charge is 0.303 e. The number of carboxylic acids is 1. The van der Waals surface area contributed by atoms with Gasteiger partial charge in [0.2, 0.25) is 0 Å². The van der Waals surface area contributed by atoms with Crippen molar-refractivity contribution in [2.24, 2.45) is 0 Å². The number of thioether (sulfide) groups is 1. The molecule has 1 N–H and O–H groups in total. The molecule has 0 unspecified atom stereocenters. The molecule has 0 saturated carbocycles. The SMILES string of the molecule is O=C(O)CCCc1ccc(CSc2ccc3ccccc3c2)s1. The lowest BCUT2D eigenvalue weighted by Gasteiger charge is -2.02. The number of carboxylic acid groups (broad SMARTS) is 1. The Hall–Kier alpha value is -1.78. The molecule has 4 heteroatoms. The minimum absolute atomic E-state index is 0.249. The second-order valence-electron chi connectivity index (χ2n) is 5.41. The van der Waals surface area contributed by atoms with Gasteiger partial charge in [-0.2, -0.15) is 0 Å². The number of carbonyl (C=O) groups is 1. The van der Waals surface area contributed by atoms with Crippen molar-refractivity contribution in [2.45, 2.75) is 29.9 Å². The Morgan fingerprint density at radius 1 is 1.00 bits per heavy atom. The molecule has 2 aromatic carbocycles. The molecule has 23 heavy (non-hydrogen) atoms. The van der Waals surface area contributed by atoms with Gasteiger partial charge in [0.05, 0.1) is 0 Å². The molecule has 0 radical (unpaired) electrons. The van der Waals surface area contributed by atoms with E-state index in [0.29, 0.717) is 6.42 Å². The first-order valence-corrected chi connectivity index (χ1v) is 9.42. The van der Waals surface area contributed by atoms with E-state index in [1.54, 1.807) is 11.3 Å². The van der Waals surface area contributed by atoms with Crippen LogP contribution in [-0.4, -0.2) is 11.1 Å². The summed E-state index contributed by atoms with van der Waals surface area (Å²) in [6.45, 7) is 0. The number of hydrogen-bond acceptors (Lipinski definition) is 3. The Bertz CT molecular complexity index is 808. The number of aryl methyl sites for hydroxylation is 1. The van der Waals surface area contributed by atoms with Crippen molar-refractivity contribution in [1.29, 1.82) is 0 Å². The lowest BCUT2D eigenvalue weighted by molar-refractivity contribution is -0.137. The largest absolute Gasteiger partial charge is 0.481 e. The predicted octanol–water partition coefficient (Wildman–Crippen LogP) is 5.60. The third-order valence-electron chi connectivity index (χ3n) is 3.63. The van der Waals surface area contributed by atoms with E-state index in [0.717, 1.165) is 12.2 Å². The molecule has 0 atom stereocenters. The van der Waals surface area contributed by atoms with Gasteiger partial charge in [-0.1, -0.05) is 30.3 Å². The van der Waals surface area contributed by atoms with Gasteiger partial charge < -0.3 is 5.11 Å². The van der Waals surface area contributed by atoms with Crippen molar-refractivity contribution < 1.29 is 9.90 Å². The summed E-state index contributed by atoms with van der Waals surface area (Å²) < 4.78 is 0. The molecule has 2 nitrogen and oxygen atoms in total. The average molecular weight is 342 g/mol. The molecule has 0 aliphatic rings. The summed E-state index contributed by atoms with van der Waals surface area (Å²) in [5, 5.41) is 11.2. The molecule has 0 spiro atoms. The van der Waals surface area contributed by atoms with Crippen LogP contribution < -0.4 is 0 Å². The minimum Gasteiger partial charge on any atom is -0.481 e. The van der Waals surface area contributed by atoms with Crippen LogP contribution in [0.4, 0.5) is 0 Å². The van der Waals surface area contributed by atoms with Crippen LogP contribution in [0.25, 0.3) is 10.8 Å². The first-order valence-electron chi connectivity index (χ1n) is 7.62. The summed E-state index contributed by atoms with van der Waals surface area (Å²) in [5.41, 5.74) is 0. The molecule has 0 bridgehead atoms. The fourth-order valence-corrected chi connectivity index (χ4v) is 4.51. The third kappa shape index (κ3) is 4.60. The molecule has 0 aliphatic heterocycles. The Morgan fingerprint density at radius 3 is 2.61 bits per heavy atom. The first-order chi connectivity index (χ1) is 11.2. The van der Waals surface area contributed by atoms with E-state index in [2.05, 4.69) is 54.6 Å². The molecule has 0 amide bonds. The van der Waals surface area contributed by atoms with Crippen LogP contribution in [0, 0.1) is 0 Å². The summed E-state index contributed by atoms with van der Waals surface area (Å²) in [5.74, 6) is 0.246. The normalized spacial score (nSPS) is 11.0. The van der Waals surface area contributed by atoms with Crippen LogP contribution in [0.3, 0.4) is 0 Å². The predicted molar refractivity (Wildman–Crippen MR) is 98.4 cm³/mol. The Labute approximate surface area is 144 Å². The topological polar surface area (TPSA) is 37.3 Å². The van der Waals surface area contributed by atoms with Crippen LogP contribution >= 0.6 is 23.1 Å². The summed E-state index contributed by atoms with van der Waals surface area (Å²) >= 11 is 3.64. The van der Waals surface area contributed by atoms with E-state index < -0.39 is 5.97 Å². The molecule has 0 aliphatic carbocycles. The van der Waals surface area contributed by atoms with Crippen molar-refractivity contribution in [3.63, 3.8) is 0 Å². The van der Waals surface area contributed by atoms with Crippen molar-refractivity contribution >= 4 is 39.8 Å². The van der Waals surface area contributed by atoms with Gasteiger partial charge in [-0.05, 0) is 47.9 Å². The summed E-state index contributed by atoms with van der Waals surface area (Å²) in [6.07, 6.45) is 1.82. The van der Waals surface area contributed by atoms with Gasteiger partial charge in [-0.25, -0.2) is 0 Å².